The molecular formula is C20H30N2O5S. The first-order chi connectivity index (χ1) is 13.2. The highest BCUT2D eigenvalue weighted by Crippen LogP contribution is 2.23. The van der Waals surface area contributed by atoms with Crippen molar-refractivity contribution in [3.05, 3.63) is 29.8 Å². The highest BCUT2D eigenvalue weighted by molar-refractivity contribution is 7.92. The van der Waals surface area contributed by atoms with E-state index in [1.165, 1.54) is 10.6 Å². The molecular weight excluding hydrogens is 380 g/mol. The third-order valence-corrected chi connectivity index (χ3v) is 6.18. The predicted molar refractivity (Wildman–Crippen MR) is 109 cm³/mol. The summed E-state index contributed by atoms with van der Waals surface area (Å²) in [6.45, 7) is 5.36. The molecule has 0 N–H and O–H groups in total. The van der Waals surface area contributed by atoms with Gasteiger partial charge in [-0.2, -0.15) is 0 Å². The SMILES string of the molecule is CCOC(=O)C1CCN(C(=O)CCCN(c2ccccc2C)S(C)(=O)=O)CC1. The van der Waals surface area contributed by atoms with Crippen molar-refractivity contribution < 1.29 is 22.7 Å². The minimum atomic E-state index is -3.43. The molecule has 1 aromatic carbocycles. The summed E-state index contributed by atoms with van der Waals surface area (Å²) in [6, 6.07) is 7.31. The van der Waals surface area contributed by atoms with Crippen LogP contribution in [0.3, 0.4) is 0 Å². The average Bonchev–Trinajstić information content (AvgIpc) is 2.65. The topological polar surface area (TPSA) is 84.0 Å². The zero-order valence-electron chi connectivity index (χ0n) is 16.9. The monoisotopic (exact) mass is 410 g/mol. The van der Waals surface area contributed by atoms with Crippen molar-refractivity contribution >= 4 is 27.6 Å². The highest BCUT2D eigenvalue weighted by atomic mass is 32.2. The van der Waals surface area contributed by atoms with Crippen LogP contribution in [-0.4, -0.2) is 57.7 Å². The molecule has 0 spiro atoms. The van der Waals surface area contributed by atoms with Gasteiger partial charge in [-0.25, -0.2) is 8.42 Å². The third-order valence-electron chi connectivity index (χ3n) is 5.00. The van der Waals surface area contributed by atoms with Crippen LogP contribution < -0.4 is 4.31 Å². The van der Waals surface area contributed by atoms with Crippen LogP contribution in [0.2, 0.25) is 0 Å². The number of anilines is 1. The van der Waals surface area contributed by atoms with Gasteiger partial charge in [-0.05, 0) is 44.7 Å². The van der Waals surface area contributed by atoms with Crippen molar-refractivity contribution in [2.24, 2.45) is 5.92 Å². The van der Waals surface area contributed by atoms with Crippen LogP contribution in [0.1, 0.15) is 38.2 Å². The third kappa shape index (κ3) is 5.95. The van der Waals surface area contributed by atoms with Gasteiger partial charge in [0, 0.05) is 26.1 Å². The van der Waals surface area contributed by atoms with E-state index in [2.05, 4.69) is 0 Å². The summed E-state index contributed by atoms with van der Waals surface area (Å²) >= 11 is 0. The van der Waals surface area contributed by atoms with Crippen molar-refractivity contribution in [2.75, 3.05) is 36.8 Å². The number of hydrogen-bond donors (Lipinski definition) is 0. The molecule has 0 radical (unpaired) electrons. The maximum atomic E-state index is 12.5. The lowest BCUT2D eigenvalue weighted by atomic mass is 9.97. The molecule has 2 rings (SSSR count). The Hall–Kier alpha value is -2.09. The van der Waals surface area contributed by atoms with E-state index in [1.807, 2.05) is 19.1 Å². The Balaban J connectivity index is 1.87. The predicted octanol–water partition coefficient (Wildman–Crippen LogP) is 2.34. The van der Waals surface area contributed by atoms with Crippen LogP contribution in [0.25, 0.3) is 0 Å². The smallest absolute Gasteiger partial charge is 0.309 e. The number of esters is 1. The second kappa shape index (κ2) is 9.91. The summed E-state index contributed by atoms with van der Waals surface area (Å²) < 4.78 is 30.8. The van der Waals surface area contributed by atoms with E-state index in [0.29, 0.717) is 44.6 Å². The fraction of sp³-hybridized carbons (Fsp3) is 0.600. The quantitative estimate of drug-likeness (QED) is 0.614. The van der Waals surface area contributed by atoms with E-state index < -0.39 is 10.0 Å². The van der Waals surface area contributed by atoms with Crippen LogP contribution in [0.5, 0.6) is 0 Å². The van der Waals surface area contributed by atoms with E-state index >= 15 is 0 Å². The molecule has 1 saturated heterocycles. The number of nitrogens with zero attached hydrogens (tertiary/aromatic N) is 2. The normalized spacial score (nSPS) is 15.3. The van der Waals surface area contributed by atoms with Crippen molar-refractivity contribution in [3.8, 4) is 0 Å². The summed E-state index contributed by atoms with van der Waals surface area (Å²) in [7, 11) is -3.43. The number of likely N-dealkylation sites (tertiary alicyclic amines) is 1. The lowest BCUT2D eigenvalue weighted by Crippen LogP contribution is -2.41. The average molecular weight is 411 g/mol. The Kier molecular flexibility index (Phi) is 7.86. The molecule has 7 nitrogen and oxygen atoms in total. The lowest BCUT2D eigenvalue weighted by Gasteiger charge is -2.31. The van der Waals surface area contributed by atoms with Gasteiger partial charge in [0.1, 0.15) is 0 Å². The van der Waals surface area contributed by atoms with Crippen molar-refractivity contribution in [1.29, 1.82) is 0 Å². The molecule has 156 valence electrons. The number of carbonyl (C=O) groups excluding carboxylic acids is 2. The number of para-hydroxylation sites is 1. The Labute approximate surface area is 167 Å². The van der Waals surface area contributed by atoms with Crippen LogP contribution in [0.4, 0.5) is 5.69 Å². The minimum Gasteiger partial charge on any atom is -0.466 e. The molecule has 0 saturated carbocycles. The van der Waals surface area contributed by atoms with Crippen molar-refractivity contribution in [1.82, 2.24) is 4.90 Å². The van der Waals surface area contributed by atoms with Crippen molar-refractivity contribution in [3.63, 3.8) is 0 Å². The number of aryl methyl sites for hydroxylation is 1. The molecule has 0 atom stereocenters. The first-order valence-corrected chi connectivity index (χ1v) is 11.6. The molecule has 8 heteroatoms. The van der Waals surface area contributed by atoms with Gasteiger partial charge in [-0.15, -0.1) is 0 Å². The number of benzene rings is 1. The summed E-state index contributed by atoms with van der Waals surface area (Å²) in [5, 5.41) is 0. The van der Waals surface area contributed by atoms with Gasteiger partial charge < -0.3 is 9.64 Å². The maximum absolute atomic E-state index is 12.5. The number of ether oxygens (including phenoxy) is 1. The number of amides is 1. The molecule has 1 aromatic rings. The number of sulfonamides is 1. The summed E-state index contributed by atoms with van der Waals surface area (Å²) in [5.74, 6) is -0.317. The van der Waals surface area contributed by atoms with Crippen LogP contribution in [-0.2, 0) is 24.3 Å². The zero-order chi connectivity index (χ0) is 20.7. The highest BCUT2D eigenvalue weighted by Gasteiger charge is 2.28. The van der Waals surface area contributed by atoms with Crippen molar-refractivity contribution in [2.45, 2.75) is 39.5 Å². The fourth-order valence-corrected chi connectivity index (χ4v) is 4.49. The summed E-state index contributed by atoms with van der Waals surface area (Å²) in [6.07, 6.45) is 3.13. The number of piperidine rings is 1. The second-order valence-electron chi connectivity index (χ2n) is 7.13. The van der Waals surface area contributed by atoms with Gasteiger partial charge in [0.25, 0.3) is 0 Å². The molecule has 1 fully saturated rings. The Morgan fingerprint density at radius 3 is 2.43 bits per heavy atom. The van der Waals surface area contributed by atoms with E-state index in [4.69, 9.17) is 4.74 Å². The molecule has 28 heavy (non-hydrogen) atoms. The second-order valence-corrected chi connectivity index (χ2v) is 9.04. The van der Waals surface area contributed by atoms with Gasteiger partial charge >= 0.3 is 5.97 Å². The van der Waals surface area contributed by atoms with Gasteiger partial charge in [0.15, 0.2) is 0 Å². The lowest BCUT2D eigenvalue weighted by molar-refractivity contribution is -0.151. The standard InChI is InChI=1S/C20H30N2O5S/c1-4-27-20(24)17-11-14-21(15-12-17)19(23)10-7-13-22(28(3,25)26)18-9-6-5-8-16(18)2/h5-6,8-9,17H,4,7,10-15H2,1-3H3. The molecule has 0 unspecified atom stereocenters. The Morgan fingerprint density at radius 2 is 1.86 bits per heavy atom. The first kappa shape index (κ1) is 22.2. The largest absolute Gasteiger partial charge is 0.466 e. The van der Waals surface area contributed by atoms with Gasteiger partial charge in [0.05, 0.1) is 24.5 Å². The van der Waals surface area contributed by atoms with Gasteiger partial charge in [-0.3, -0.25) is 13.9 Å². The van der Waals surface area contributed by atoms with Crippen LogP contribution in [0, 0.1) is 12.8 Å². The van der Waals surface area contributed by atoms with E-state index in [0.717, 1.165) is 5.56 Å². The van der Waals surface area contributed by atoms with E-state index in [-0.39, 0.29) is 30.8 Å². The molecule has 1 aliphatic rings. The number of rotatable bonds is 8. The molecule has 1 aliphatic heterocycles. The first-order valence-electron chi connectivity index (χ1n) is 9.71. The maximum Gasteiger partial charge on any atom is 0.309 e. The van der Waals surface area contributed by atoms with E-state index in [9.17, 15) is 18.0 Å². The number of hydrogen-bond acceptors (Lipinski definition) is 5. The van der Waals surface area contributed by atoms with Crippen LogP contribution in [0.15, 0.2) is 24.3 Å². The minimum absolute atomic E-state index is 0.000503. The molecule has 1 heterocycles. The number of carbonyl (C=O) groups is 2. The Morgan fingerprint density at radius 1 is 1.21 bits per heavy atom. The zero-order valence-corrected chi connectivity index (χ0v) is 17.7. The molecule has 0 bridgehead atoms. The Bertz CT molecular complexity index is 786. The summed E-state index contributed by atoms with van der Waals surface area (Å²) in [5.41, 5.74) is 1.52. The van der Waals surface area contributed by atoms with Gasteiger partial charge in [0.2, 0.25) is 15.9 Å². The van der Waals surface area contributed by atoms with Crippen LogP contribution >= 0.6 is 0 Å². The molecule has 0 aliphatic carbocycles. The molecule has 0 aromatic heterocycles. The molecule has 1 amide bonds. The van der Waals surface area contributed by atoms with E-state index in [1.54, 1.807) is 24.0 Å². The van der Waals surface area contributed by atoms with Gasteiger partial charge in [-0.1, -0.05) is 18.2 Å². The fourth-order valence-electron chi connectivity index (χ4n) is 3.46. The summed E-state index contributed by atoms with van der Waals surface area (Å²) in [4.78, 5) is 26.0.